The lowest BCUT2D eigenvalue weighted by Gasteiger charge is -2.09. The van der Waals surface area contributed by atoms with Crippen LogP contribution in [0.2, 0.25) is 0 Å². The van der Waals surface area contributed by atoms with Crippen molar-refractivity contribution in [1.29, 1.82) is 0 Å². The fourth-order valence-electron chi connectivity index (χ4n) is 1.55. The lowest BCUT2D eigenvalue weighted by atomic mass is 10.0. The molecule has 0 saturated heterocycles. The average molecular weight is 330 g/mol. The van der Waals surface area contributed by atoms with E-state index in [0.717, 1.165) is 6.08 Å². The Kier molecular flexibility index (Phi) is 11.3. The SMILES string of the molecule is C=CC(=O)O.COC.O=C(c1ccccc1)C(O)c1ccccc1. The zero-order valence-corrected chi connectivity index (χ0v) is 13.8. The van der Waals surface area contributed by atoms with Gasteiger partial charge in [-0.15, -0.1) is 0 Å². The second-order valence-corrected chi connectivity index (χ2v) is 4.49. The van der Waals surface area contributed by atoms with Crippen LogP contribution in [0.15, 0.2) is 73.3 Å². The molecule has 0 bridgehead atoms. The van der Waals surface area contributed by atoms with Gasteiger partial charge in [-0.05, 0) is 5.56 Å². The van der Waals surface area contributed by atoms with Gasteiger partial charge in [-0.25, -0.2) is 4.79 Å². The first kappa shape index (κ1) is 21.2. The Bertz CT molecular complexity index is 608. The number of aliphatic hydroxyl groups is 1. The minimum absolute atomic E-state index is 0.271. The van der Waals surface area contributed by atoms with Crippen molar-refractivity contribution >= 4 is 11.8 Å². The van der Waals surface area contributed by atoms with Crippen LogP contribution in [0.3, 0.4) is 0 Å². The summed E-state index contributed by atoms with van der Waals surface area (Å²) in [4.78, 5) is 21.1. The molecule has 0 aliphatic carbocycles. The number of methoxy groups -OCH3 is 1. The molecule has 24 heavy (non-hydrogen) atoms. The molecule has 0 aliphatic heterocycles. The van der Waals surface area contributed by atoms with E-state index >= 15 is 0 Å². The Labute approximate surface area is 141 Å². The van der Waals surface area contributed by atoms with Crippen LogP contribution in [-0.4, -0.2) is 36.2 Å². The number of benzene rings is 2. The van der Waals surface area contributed by atoms with Gasteiger partial charge >= 0.3 is 5.97 Å². The lowest BCUT2D eigenvalue weighted by molar-refractivity contribution is -0.131. The normalized spacial score (nSPS) is 10.1. The molecule has 2 N–H and O–H groups in total. The Morgan fingerprint density at radius 1 is 1.00 bits per heavy atom. The number of aliphatic hydroxyl groups excluding tert-OH is 1. The molecule has 5 heteroatoms. The third-order valence-electron chi connectivity index (χ3n) is 2.60. The molecular formula is C19H22O5. The monoisotopic (exact) mass is 330 g/mol. The minimum atomic E-state index is -1.08. The van der Waals surface area contributed by atoms with Crippen molar-refractivity contribution in [2.45, 2.75) is 6.10 Å². The minimum Gasteiger partial charge on any atom is -0.478 e. The summed E-state index contributed by atoms with van der Waals surface area (Å²) < 4.78 is 4.25. The van der Waals surface area contributed by atoms with E-state index in [4.69, 9.17) is 5.11 Å². The summed E-state index contributed by atoms with van der Waals surface area (Å²) in [7, 11) is 3.25. The molecule has 0 fully saturated rings. The molecule has 2 rings (SSSR count). The lowest BCUT2D eigenvalue weighted by Crippen LogP contribution is -2.11. The molecule has 0 spiro atoms. The van der Waals surface area contributed by atoms with Crippen LogP contribution in [0.5, 0.6) is 0 Å². The van der Waals surface area contributed by atoms with Crippen LogP contribution in [0.4, 0.5) is 0 Å². The van der Waals surface area contributed by atoms with Gasteiger partial charge < -0.3 is 14.9 Å². The molecule has 1 atom stereocenters. The molecule has 128 valence electrons. The maximum Gasteiger partial charge on any atom is 0.327 e. The fourth-order valence-corrected chi connectivity index (χ4v) is 1.55. The second kappa shape index (κ2) is 12.8. The number of hydrogen-bond donors (Lipinski definition) is 2. The first-order chi connectivity index (χ1) is 11.5. The van der Waals surface area contributed by atoms with Crippen molar-refractivity contribution in [1.82, 2.24) is 0 Å². The van der Waals surface area contributed by atoms with Crippen LogP contribution in [-0.2, 0) is 9.53 Å². The Morgan fingerprint density at radius 3 is 1.75 bits per heavy atom. The third kappa shape index (κ3) is 8.63. The molecule has 5 nitrogen and oxygen atoms in total. The third-order valence-corrected chi connectivity index (χ3v) is 2.60. The molecule has 0 amide bonds. The van der Waals surface area contributed by atoms with Crippen molar-refractivity contribution in [2.24, 2.45) is 0 Å². The maximum atomic E-state index is 11.9. The molecule has 0 saturated carbocycles. The molecule has 0 heterocycles. The van der Waals surface area contributed by atoms with E-state index in [9.17, 15) is 14.7 Å². The Morgan fingerprint density at radius 2 is 1.38 bits per heavy atom. The van der Waals surface area contributed by atoms with Crippen LogP contribution in [0, 0.1) is 0 Å². The summed E-state index contributed by atoms with van der Waals surface area (Å²) in [6.45, 7) is 2.96. The van der Waals surface area contributed by atoms with Gasteiger partial charge in [0.05, 0.1) is 0 Å². The van der Waals surface area contributed by atoms with Crippen molar-refractivity contribution in [2.75, 3.05) is 14.2 Å². The zero-order valence-electron chi connectivity index (χ0n) is 13.8. The molecule has 2 aromatic carbocycles. The number of hydrogen-bond acceptors (Lipinski definition) is 4. The van der Waals surface area contributed by atoms with Gasteiger partial charge in [0.2, 0.25) is 0 Å². The highest BCUT2D eigenvalue weighted by Gasteiger charge is 2.18. The maximum absolute atomic E-state index is 11.9. The summed E-state index contributed by atoms with van der Waals surface area (Å²) in [6.07, 6.45) is -0.247. The second-order valence-electron chi connectivity index (χ2n) is 4.49. The summed E-state index contributed by atoms with van der Waals surface area (Å²) in [5, 5.41) is 17.5. The van der Waals surface area contributed by atoms with Gasteiger partial charge in [0.25, 0.3) is 0 Å². The van der Waals surface area contributed by atoms with Gasteiger partial charge in [0.1, 0.15) is 6.10 Å². The molecule has 0 radical (unpaired) electrons. The van der Waals surface area contributed by atoms with E-state index in [2.05, 4.69) is 11.3 Å². The van der Waals surface area contributed by atoms with E-state index in [1.165, 1.54) is 0 Å². The van der Waals surface area contributed by atoms with Crippen LogP contribution in [0.25, 0.3) is 0 Å². The quantitative estimate of drug-likeness (QED) is 0.665. The van der Waals surface area contributed by atoms with Gasteiger partial charge in [-0.1, -0.05) is 67.2 Å². The van der Waals surface area contributed by atoms with Crippen LogP contribution in [0.1, 0.15) is 22.0 Å². The van der Waals surface area contributed by atoms with Gasteiger partial charge in [-0.2, -0.15) is 0 Å². The van der Waals surface area contributed by atoms with Crippen molar-refractivity contribution in [3.05, 3.63) is 84.4 Å². The summed E-state index contributed by atoms with van der Waals surface area (Å²) in [5.74, 6) is -1.25. The predicted molar refractivity (Wildman–Crippen MR) is 92.9 cm³/mol. The van der Waals surface area contributed by atoms with Crippen LogP contribution < -0.4 is 0 Å². The van der Waals surface area contributed by atoms with Crippen molar-refractivity contribution < 1.29 is 24.5 Å². The first-order valence-electron chi connectivity index (χ1n) is 7.05. The van der Waals surface area contributed by atoms with E-state index in [1.807, 2.05) is 12.1 Å². The average Bonchev–Trinajstić information content (AvgIpc) is 2.63. The van der Waals surface area contributed by atoms with E-state index in [-0.39, 0.29) is 5.78 Å². The number of aliphatic carboxylic acids is 1. The molecule has 0 aromatic heterocycles. The molecular weight excluding hydrogens is 308 g/mol. The Hall–Kier alpha value is -2.76. The van der Waals surface area contributed by atoms with E-state index in [0.29, 0.717) is 11.1 Å². The Balaban J connectivity index is 0.000000559. The smallest absolute Gasteiger partial charge is 0.327 e. The standard InChI is InChI=1S/C14H12O2.C3H4O2.C2H6O/c15-13(11-7-3-1-4-8-11)14(16)12-9-5-2-6-10-12;1-2-3(4)5;1-3-2/h1-10,13,15H;2H,1H2,(H,4,5);1-2H3. The number of carboxylic acids is 1. The fraction of sp³-hybridized carbons (Fsp3) is 0.158. The van der Waals surface area contributed by atoms with Crippen molar-refractivity contribution in [3.63, 3.8) is 0 Å². The summed E-state index contributed by atoms with van der Waals surface area (Å²) in [5.41, 5.74) is 1.15. The topological polar surface area (TPSA) is 83.8 Å². The molecule has 2 aromatic rings. The number of carbonyl (C=O) groups excluding carboxylic acids is 1. The number of Topliss-reactive ketones (excluding diaryl/α,β-unsaturated/α-hetero) is 1. The molecule has 1 unspecified atom stereocenters. The molecule has 0 aliphatic rings. The zero-order chi connectivity index (χ0) is 18.4. The number of ketones is 1. The largest absolute Gasteiger partial charge is 0.478 e. The van der Waals surface area contributed by atoms with Gasteiger partial charge in [-0.3, -0.25) is 4.79 Å². The van der Waals surface area contributed by atoms with Gasteiger partial charge in [0.15, 0.2) is 5.78 Å². The highest BCUT2D eigenvalue weighted by Crippen LogP contribution is 2.17. The van der Waals surface area contributed by atoms with Gasteiger partial charge in [0, 0.05) is 25.9 Å². The number of carbonyl (C=O) groups is 2. The van der Waals surface area contributed by atoms with Crippen LogP contribution >= 0.6 is 0 Å². The highest BCUT2D eigenvalue weighted by atomic mass is 16.4. The summed E-state index contributed by atoms with van der Waals surface area (Å²) in [6, 6.07) is 17.7. The summed E-state index contributed by atoms with van der Waals surface area (Å²) >= 11 is 0. The number of carboxylic acid groups (broad SMARTS) is 1. The number of ether oxygens (including phenoxy) is 1. The predicted octanol–water partition coefficient (Wildman–Crippen LogP) is 3.12. The van der Waals surface area contributed by atoms with Crippen molar-refractivity contribution in [3.8, 4) is 0 Å². The van der Waals surface area contributed by atoms with E-state index in [1.54, 1.807) is 62.8 Å². The highest BCUT2D eigenvalue weighted by molar-refractivity contribution is 5.99. The first-order valence-corrected chi connectivity index (χ1v) is 7.05. The number of rotatable bonds is 4. The van der Waals surface area contributed by atoms with E-state index < -0.39 is 12.1 Å².